The molecule has 16 heavy (non-hydrogen) atoms. The molecule has 0 aliphatic carbocycles. The number of ether oxygens (including phenoxy) is 1. The summed E-state index contributed by atoms with van der Waals surface area (Å²) in [5.74, 6) is 1.38. The Balaban J connectivity index is 3.43. The Labute approximate surface area is 101 Å². The van der Waals surface area contributed by atoms with Gasteiger partial charge in [0, 0.05) is 0 Å². The van der Waals surface area contributed by atoms with Crippen molar-refractivity contribution in [3.63, 3.8) is 0 Å². The summed E-state index contributed by atoms with van der Waals surface area (Å²) in [4.78, 5) is 11.2. The fourth-order valence-corrected chi connectivity index (χ4v) is 1.55. The molecule has 2 heteroatoms. The number of carbonyl (C=O) groups is 1. The fraction of sp³-hybridized carbons (Fsp3) is 0.929. The van der Waals surface area contributed by atoms with Crippen LogP contribution in [0.4, 0.5) is 0 Å². The highest BCUT2D eigenvalue weighted by atomic mass is 16.5. The molecule has 0 aromatic carbocycles. The van der Waals surface area contributed by atoms with E-state index in [1.165, 1.54) is 19.3 Å². The van der Waals surface area contributed by atoms with Gasteiger partial charge in [0.25, 0.3) is 0 Å². The van der Waals surface area contributed by atoms with Gasteiger partial charge in [-0.3, -0.25) is 4.79 Å². The zero-order valence-corrected chi connectivity index (χ0v) is 11.6. The molecule has 0 fully saturated rings. The molecule has 0 unspecified atom stereocenters. The maximum atomic E-state index is 11.2. The number of rotatable bonds is 8. The van der Waals surface area contributed by atoms with Gasteiger partial charge in [0.15, 0.2) is 0 Å². The molecule has 0 amide bonds. The van der Waals surface area contributed by atoms with Gasteiger partial charge in [0.2, 0.25) is 0 Å². The molecule has 0 spiro atoms. The highest BCUT2D eigenvalue weighted by Gasteiger charge is 2.09. The van der Waals surface area contributed by atoms with E-state index in [0.29, 0.717) is 12.5 Å². The second kappa shape index (κ2) is 8.60. The van der Waals surface area contributed by atoms with E-state index in [0.717, 1.165) is 12.3 Å². The number of esters is 1. The first-order valence-electron chi connectivity index (χ1n) is 6.60. The summed E-state index contributed by atoms with van der Waals surface area (Å²) in [5, 5.41) is 0. The van der Waals surface area contributed by atoms with Crippen LogP contribution in [0.2, 0.25) is 0 Å². The van der Waals surface area contributed by atoms with Crippen molar-refractivity contribution in [1.29, 1.82) is 0 Å². The lowest BCUT2D eigenvalue weighted by atomic mass is 9.98. The third-order valence-corrected chi connectivity index (χ3v) is 2.80. The molecule has 0 radical (unpaired) electrons. The first kappa shape index (κ1) is 15.5. The number of carbonyl (C=O) groups excluding carboxylic acids is 1. The highest BCUT2D eigenvalue weighted by Crippen LogP contribution is 2.15. The average molecular weight is 228 g/mol. The Bertz CT molecular complexity index is 185. The zero-order valence-electron chi connectivity index (χ0n) is 11.6. The first-order valence-corrected chi connectivity index (χ1v) is 6.60. The van der Waals surface area contributed by atoms with Crippen molar-refractivity contribution >= 4 is 5.97 Å². The van der Waals surface area contributed by atoms with Crippen LogP contribution in [-0.4, -0.2) is 12.6 Å². The predicted molar refractivity (Wildman–Crippen MR) is 68.3 cm³/mol. The lowest BCUT2D eigenvalue weighted by molar-refractivity contribution is -0.147. The minimum atomic E-state index is -0.0746. The standard InChI is InChI=1S/C14H28O2/c1-11(2)7-6-8-13(5)9-10-16-14(15)12(3)4/h11-13H,6-10H2,1-5H3/t13-/m0/s1. The van der Waals surface area contributed by atoms with Crippen molar-refractivity contribution in [3.05, 3.63) is 0 Å². The monoisotopic (exact) mass is 228 g/mol. The molecular formula is C14H28O2. The maximum Gasteiger partial charge on any atom is 0.308 e. The van der Waals surface area contributed by atoms with E-state index in [9.17, 15) is 4.79 Å². The van der Waals surface area contributed by atoms with Gasteiger partial charge in [0.1, 0.15) is 0 Å². The Kier molecular flexibility index (Phi) is 8.32. The lowest BCUT2D eigenvalue weighted by Crippen LogP contribution is -2.13. The normalized spacial score (nSPS) is 13.2. The molecule has 0 bridgehead atoms. The third kappa shape index (κ3) is 8.75. The molecule has 0 N–H and O–H groups in total. The molecule has 1 atom stereocenters. The topological polar surface area (TPSA) is 26.3 Å². The van der Waals surface area contributed by atoms with Crippen molar-refractivity contribution in [2.24, 2.45) is 17.8 Å². The van der Waals surface area contributed by atoms with E-state index in [1.54, 1.807) is 0 Å². The Hall–Kier alpha value is -0.530. The predicted octanol–water partition coefficient (Wildman–Crippen LogP) is 4.04. The molecular weight excluding hydrogens is 200 g/mol. The summed E-state index contributed by atoms with van der Waals surface area (Å²) < 4.78 is 5.16. The van der Waals surface area contributed by atoms with Crippen LogP contribution >= 0.6 is 0 Å². The minimum absolute atomic E-state index is 0.00347. The molecule has 0 saturated heterocycles. The summed E-state index contributed by atoms with van der Waals surface area (Å²) in [6.45, 7) is 11.1. The van der Waals surface area contributed by atoms with Gasteiger partial charge >= 0.3 is 5.97 Å². The van der Waals surface area contributed by atoms with Gasteiger partial charge in [-0.05, 0) is 18.3 Å². The van der Waals surface area contributed by atoms with Crippen LogP contribution in [0.5, 0.6) is 0 Å². The van der Waals surface area contributed by atoms with Crippen LogP contribution in [0.3, 0.4) is 0 Å². The van der Waals surface area contributed by atoms with Crippen LogP contribution in [0.15, 0.2) is 0 Å². The first-order chi connectivity index (χ1) is 7.43. The largest absolute Gasteiger partial charge is 0.465 e. The zero-order chi connectivity index (χ0) is 12.6. The third-order valence-electron chi connectivity index (χ3n) is 2.80. The molecule has 0 aromatic rings. The summed E-state index contributed by atoms with van der Waals surface area (Å²) >= 11 is 0. The molecule has 0 aliphatic rings. The van der Waals surface area contributed by atoms with E-state index in [-0.39, 0.29) is 11.9 Å². The van der Waals surface area contributed by atoms with Crippen LogP contribution < -0.4 is 0 Å². The highest BCUT2D eigenvalue weighted by molar-refractivity contribution is 5.71. The van der Waals surface area contributed by atoms with E-state index in [2.05, 4.69) is 20.8 Å². The van der Waals surface area contributed by atoms with Crippen molar-refractivity contribution in [2.45, 2.75) is 60.3 Å². The molecule has 0 aromatic heterocycles. The summed E-state index contributed by atoms with van der Waals surface area (Å²) in [7, 11) is 0. The van der Waals surface area contributed by atoms with Crippen LogP contribution in [-0.2, 0) is 9.53 Å². The van der Waals surface area contributed by atoms with E-state index in [4.69, 9.17) is 4.74 Å². The molecule has 0 aliphatic heterocycles. The van der Waals surface area contributed by atoms with Crippen LogP contribution in [0.25, 0.3) is 0 Å². The summed E-state index contributed by atoms with van der Waals surface area (Å²) in [5.41, 5.74) is 0. The van der Waals surface area contributed by atoms with E-state index >= 15 is 0 Å². The summed E-state index contributed by atoms with van der Waals surface area (Å²) in [6, 6.07) is 0. The van der Waals surface area contributed by atoms with Gasteiger partial charge in [-0.25, -0.2) is 0 Å². The average Bonchev–Trinajstić information content (AvgIpc) is 2.16. The Morgan fingerprint density at radius 3 is 2.12 bits per heavy atom. The van der Waals surface area contributed by atoms with Crippen molar-refractivity contribution < 1.29 is 9.53 Å². The molecule has 0 saturated carbocycles. The van der Waals surface area contributed by atoms with Gasteiger partial charge in [-0.1, -0.05) is 53.9 Å². The molecule has 2 nitrogen and oxygen atoms in total. The van der Waals surface area contributed by atoms with E-state index in [1.807, 2.05) is 13.8 Å². The van der Waals surface area contributed by atoms with Gasteiger partial charge in [0.05, 0.1) is 12.5 Å². The quantitative estimate of drug-likeness (QED) is 0.586. The Morgan fingerprint density at radius 1 is 1.00 bits per heavy atom. The van der Waals surface area contributed by atoms with Crippen molar-refractivity contribution in [1.82, 2.24) is 0 Å². The molecule has 0 heterocycles. The van der Waals surface area contributed by atoms with Gasteiger partial charge in [-0.15, -0.1) is 0 Å². The molecule has 0 rings (SSSR count). The maximum absolute atomic E-state index is 11.2. The van der Waals surface area contributed by atoms with Crippen LogP contribution in [0.1, 0.15) is 60.3 Å². The van der Waals surface area contributed by atoms with Crippen LogP contribution in [0, 0.1) is 17.8 Å². The minimum Gasteiger partial charge on any atom is -0.465 e. The number of hydrogen-bond acceptors (Lipinski definition) is 2. The lowest BCUT2D eigenvalue weighted by Gasteiger charge is -2.13. The smallest absolute Gasteiger partial charge is 0.308 e. The second-order valence-electron chi connectivity index (χ2n) is 5.54. The summed E-state index contributed by atoms with van der Waals surface area (Å²) in [6.07, 6.45) is 4.83. The van der Waals surface area contributed by atoms with Crippen molar-refractivity contribution in [2.75, 3.05) is 6.61 Å². The second-order valence-corrected chi connectivity index (χ2v) is 5.54. The Morgan fingerprint density at radius 2 is 1.62 bits per heavy atom. The van der Waals surface area contributed by atoms with Crippen molar-refractivity contribution in [3.8, 4) is 0 Å². The molecule has 96 valence electrons. The van der Waals surface area contributed by atoms with Gasteiger partial charge < -0.3 is 4.74 Å². The number of hydrogen-bond donors (Lipinski definition) is 0. The van der Waals surface area contributed by atoms with Gasteiger partial charge in [-0.2, -0.15) is 0 Å². The van der Waals surface area contributed by atoms with E-state index < -0.39 is 0 Å². The fourth-order valence-electron chi connectivity index (χ4n) is 1.55. The SMILES string of the molecule is CC(C)CCC[C@H](C)CCOC(=O)C(C)C.